The number of fused-ring (bicyclic) bond motifs is 1. The van der Waals surface area contributed by atoms with Crippen LogP contribution in [0.15, 0.2) is 60.7 Å². The Labute approximate surface area is 205 Å². The maximum atomic E-state index is 11.8. The summed E-state index contributed by atoms with van der Waals surface area (Å²) < 4.78 is 5.66. The van der Waals surface area contributed by atoms with Crippen LogP contribution in [-0.4, -0.2) is 40.1 Å². The molecule has 0 saturated carbocycles. The molecular weight excluding hydrogens is 442 g/mol. The molecule has 0 saturated heterocycles. The van der Waals surface area contributed by atoms with Crippen LogP contribution >= 0.6 is 0 Å². The van der Waals surface area contributed by atoms with Gasteiger partial charge in [-0.25, -0.2) is 9.97 Å². The molecule has 0 spiro atoms. The Hall–Kier alpha value is -3.74. The van der Waals surface area contributed by atoms with E-state index in [0.717, 1.165) is 54.1 Å². The number of carbonyl (C=O) groups excluding carboxylic acids is 1. The van der Waals surface area contributed by atoms with E-state index in [-0.39, 0.29) is 12.4 Å². The molecule has 4 rings (SSSR count). The first kappa shape index (κ1) is 24.4. The van der Waals surface area contributed by atoms with Gasteiger partial charge in [0.05, 0.1) is 11.4 Å². The molecule has 1 N–H and O–H groups in total. The maximum absolute atomic E-state index is 11.8. The third-order valence-corrected chi connectivity index (χ3v) is 6.14. The molecule has 7 nitrogen and oxygen atoms in total. The van der Waals surface area contributed by atoms with Gasteiger partial charge in [0.25, 0.3) is 0 Å². The molecule has 1 aliphatic rings. The highest BCUT2D eigenvalue weighted by Gasteiger charge is 2.32. The first-order chi connectivity index (χ1) is 17.0. The number of anilines is 1. The second-order valence-electron chi connectivity index (χ2n) is 8.79. The van der Waals surface area contributed by atoms with Crippen molar-refractivity contribution < 1.29 is 19.4 Å². The van der Waals surface area contributed by atoms with Crippen molar-refractivity contribution in [1.29, 1.82) is 0 Å². The average Bonchev–Trinajstić information content (AvgIpc) is 2.87. The molecule has 2 aromatic carbocycles. The number of aromatic nitrogens is 2. The van der Waals surface area contributed by atoms with Crippen molar-refractivity contribution in [2.24, 2.45) is 0 Å². The van der Waals surface area contributed by atoms with Crippen LogP contribution in [0.4, 0.5) is 5.82 Å². The molecule has 182 valence electrons. The Balaban J connectivity index is 1.69. The number of unbranched alkanes of at least 4 members (excludes halogenated alkanes) is 3. The predicted octanol–water partition coefficient (Wildman–Crippen LogP) is 5.66. The van der Waals surface area contributed by atoms with E-state index in [1.165, 1.54) is 6.92 Å². The highest BCUT2D eigenvalue weighted by Crippen LogP contribution is 2.39. The van der Waals surface area contributed by atoms with Crippen LogP contribution in [0.5, 0.6) is 0 Å². The molecule has 1 atom stereocenters. The fraction of sp³-hybridized carbons (Fsp3) is 0.357. The zero-order valence-corrected chi connectivity index (χ0v) is 20.0. The number of benzene rings is 2. The quantitative estimate of drug-likeness (QED) is 0.300. The summed E-state index contributed by atoms with van der Waals surface area (Å²) in [4.78, 5) is 35.0. The largest absolute Gasteiger partial charge is 0.481 e. The van der Waals surface area contributed by atoms with Gasteiger partial charge in [-0.2, -0.15) is 0 Å². The minimum absolute atomic E-state index is 0.213. The van der Waals surface area contributed by atoms with E-state index >= 15 is 0 Å². The highest BCUT2D eigenvalue weighted by atomic mass is 16.5. The van der Waals surface area contributed by atoms with Crippen LogP contribution in [0.1, 0.15) is 57.2 Å². The van der Waals surface area contributed by atoms with Crippen molar-refractivity contribution in [1.82, 2.24) is 9.97 Å². The van der Waals surface area contributed by atoms with E-state index in [2.05, 4.69) is 4.90 Å². The molecule has 2 heterocycles. The zero-order chi connectivity index (χ0) is 24.6. The molecule has 3 aromatic rings. The van der Waals surface area contributed by atoms with Crippen molar-refractivity contribution in [3.63, 3.8) is 0 Å². The Morgan fingerprint density at radius 2 is 1.51 bits per heavy atom. The number of hydrogen-bond donors (Lipinski definition) is 1. The summed E-state index contributed by atoms with van der Waals surface area (Å²) in [5, 5.41) is 8.84. The molecule has 35 heavy (non-hydrogen) atoms. The van der Waals surface area contributed by atoms with Gasteiger partial charge < -0.3 is 14.7 Å². The molecule has 0 aliphatic carbocycles. The second-order valence-corrected chi connectivity index (χ2v) is 8.79. The van der Waals surface area contributed by atoms with Gasteiger partial charge in [0.15, 0.2) is 5.82 Å². The lowest BCUT2D eigenvalue weighted by Gasteiger charge is -2.34. The van der Waals surface area contributed by atoms with E-state index in [1.807, 2.05) is 60.7 Å². The Morgan fingerprint density at radius 1 is 0.914 bits per heavy atom. The Kier molecular flexibility index (Phi) is 8.08. The smallest absolute Gasteiger partial charge is 0.303 e. The van der Waals surface area contributed by atoms with Crippen LogP contribution in [0.2, 0.25) is 0 Å². The summed E-state index contributed by atoms with van der Waals surface area (Å²) in [7, 11) is 0. The summed E-state index contributed by atoms with van der Waals surface area (Å²) in [5.74, 6) is -0.320. The number of aliphatic carboxylic acids is 1. The number of rotatable bonds is 10. The molecular formula is C28H31N3O4. The molecule has 0 bridgehead atoms. The van der Waals surface area contributed by atoms with Gasteiger partial charge in [0.2, 0.25) is 0 Å². The van der Waals surface area contributed by atoms with Crippen molar-refractivity contribution in [3.05, 3.63) is 66.4 Å². The number of esters is 1. The van der Waals surface area contributed by atoms with Crippen LogP contribution in [0, 0.1) is 0 Å². The van der Waals surface area contributed by atoms with E-state index in [4.69, 9.17) is 19.8 Å². The maximum Gasteiger partial charge on any atom is 0.303 e. The molecule has 0 amide bonds. The first-order valence-corrected chi connectivity index (χ1v) is 12.2. The molecule has 1 aromatic heterocycles. The van der Waals surface area contributed by atoms with Gasteiger partial charge in [-0.15, -0.1) is 0 Å². The van der Waals surface area contributed by atoms with Gasteiger partial charge in [0.1, 0.15) is 11.8 Å². The van der Waals surface area contributed by atoms with E-state index in [9.17, 15) is 9.59 Å². The zero-order valence-electron chi connectivity index (χ0n) is 20.0. The molecule has 0 fully saturated rings. The number of hydrogen-bond acceptors (Lipinski definition) is 6. The fourth-order valence-electron chi connectivity index (χ4n) is 4.46. The van der Waals surface area contributed by atoms with Gasteiger partial charge >= 0.3 is 11.9 Å². The van der Waals surface area contributed by atoms with Crippen LogP contribution in [0.25, 0.3) is 22.5 Å². The summed E-state index contributed by atoms with van der Waals surface area (Å²) in [6.45, 7) is 2.93. The van der Waals surface area contributed by atoms with E-state index in [0.29, 0.717) is 25.1 Å². The van der Waals surface area contributed by atoms with E-state index in [1.54, 1.807) is 0 Å². The predicted molar refractivity (Wildman–Crippen MR) is 135 cm³/mol. The third kappa shape index (κ3) is 6.23. The highest BCUT2D eigenvalue weighted by molar-refractivity contribution is 5.80. The number of carboxylic acid groups (broad SMARTS) is 1. The average molecular weight is 474 g/mol. The summed E-state index contributed by atoms with van der Waals surface area (Å²) in [6.07, 6.45) is 3.89. The number of ether oxygens (including phenoxy) is 1. The minimum Gasteiger partial charge on any atom is -0.481 e. The lowest BCUT2D eigenvalue weighted by molar-refractivity contribution is -0.147. The van der Waals surface area contributed by atoms with Crippen LogP contribution in [-0.2, 0) is 14.3 Å². The SMILES string of the molecule is CC(=O)OC1CCN(CCCCCCC(=O)O)c2nc(-c3ccccc3)c(-c3ccccc3)nc21. The van der Waals surface area contributed by atoms with Crippen LogP contribution in [0.3, 0.4) is 0 Å². The van der Waals surface area contributed by atoms with Gasteiger partial charge in [-0.3, -0.25) is 9.59 Å². The van der Waals surface area contributed by atoms with E-state index < -0.39 is 12.1 Å². The lowest BCUT2D eigenvalue weighted by atomic mass is 10.0. The molecule has 1 unspecified atom stereocenters. The van der Waals surface area contributed by atoms with Gasteiger partial charge in [-0.05, 0) is 12.8 Å². The summed E-state index contributed by atoms with van der Waals surface area (Å²) in [5.41, 5.74) is 4.19. The molecule has 7 heteroatoms. The lowest BCUT2D eigenvalue weighted by Crippen LogP contribution is -2.35. The Bertz CT molecular complexity index is 1150. The number of carboxylic acids is 1. The van der Waals surface area contributed by atoms with Gasteiger partial charge in [-0.1, -0.05) is 73.5 Å². The van der Waals surface area contributed by atoms with Crippen LogP contribution < -0.4 is 4.90 Å². The fourth-order valence-corrected chi connectivity index (χ4v) is 4.46. The summed E-state index contributed by atoms with van der Waals surface area (Å²) >= 11 is 0. The molecule has 0 radical (unpaired) electrons. The number of nitrogens with zero attached hydrogens (tertiary/aromatic N) is 3. The van der Waals surface area contributed by atoms with Crippen molar-refractivity contribution in [3.8, 4) is 22.5 Å². The second kappa shape index (κ2) is 11.6. The van der Waals surface area contributed by atoms with Crippen molar-refractivity contribution >= 4 is 17.8 Å². The van der Waals surface area contributed by atoms with Crippen molar-refractivity contribution in [2.75, 3.05) is 18.0 Å². The molecule has 1 aliphatic heterocycles. The normalized spacial score (nSPS) is 14.9. The Morgan fingerprint density at radius 3 is 2.11 bits per heavy atom. The summed E-state index contributed by atoms with van der Waals surface area (Å²) in [6, 6.07) is 20.0. The first-order valence-electron chi connectivity index (χ1n) is 12.2. The minimum atomic E-state index is -0.746. The standard InChI is InChI=1S/C28H31N3O4/c1-20(32)35-23-17-19-31(18-11-3-2-10-16-24(33)34)28-27(23)29-25(21-12-6-4-7-13-21)26(30-28)22-14-8-5-9-15-22/h4-9,12-15,23H,2-3,10-11,16-19H2,1H3,(H,33,34). The van der Waals surface area contributed by atoms with Crippen molar-refractivity contribution in [2.45, 2.75) is 51.6 Å². The monoisotopic (exact) mass is 473 g/mol. The van der Waals surface area contributed by atoms with Gasteiger partial charge in [0, 0.05) is 44.0 Å². The third-order valence-electron chi connectivity index (χ3n) is 6.14. The number of carbonyl (C=O) groups is 2. The topological polar surface area (TPSA) is 92.6 Å².